The molecule has 1 unspecified atom stereocenters. The lowest BCUT2D eigenvalue weighted by atomic mass is 9.71. The zero-order valence-electron chi connectivity index (χ0n) is 14.0. The van der Waals surface area contributed by atoms with Crippen LogP contribution in [0, 0.1) is 5.92 Å². The van der Waals surface area contributed by atoms with Crippen LogP contribution in [0.1, 0.15) is 51.3 Å². The Balaban J connectivity index is 2.43. The molecule has 1 heterocycles. The van der Waals surface area contributed by atoms with Gasteiger partial charge in [-0.1, -0.05) is 13.8 Å². The number of likely N-dealkylation sites (N-methyl/N-ethyl adjacent to an activating group) is 2. The lowest BCUT2D eigenvalue weighted by Crippen LogP contribution is -2.56. The Morgan fingerprint density at radius 2 is 2.10 bits per heavy atom. The summed E-state index contributed by atoms with van der Waals surface area (Å²) in [6, 6.07) is 0.298. The molecule has 1 aromatic rings. The molecule has 0 spiro atoms. The van der Waals surface area contributed by atoms with Crippen molar-refractivity contribution in [2.24, 2.45) is 13.0 Å². The molecule has 0 amide bonds. The number of halogens is 1. The summed E-state index contributed by atoms with van der Waals surface area (Å²) in [6.07, 6.45) is 6.98. The fourth-order valence-electron chi connectivity index (χ4n) is 3.75. The van der Waals surface area contributed by atoms with E-state index in [9.17, 15) is 0 Å². The largest absolute Gasteiger partial charge is 0.307 e. The second-order valence-electron chi connectivity index (χ2n) is 6.67. The molecular formula is C16H29BrN4. The number of hydrogen-bond donors (Lipinski definition) is 1. The van der Waals surface area contributed by atoms with E-state index in [4.69, 9.17) is 0 Å². The van der Waals surface area contributed by atoms with E-state index in [1.54, 1.807) is 0 Å². The number of aryl methyl sites for hydroxylation is 1. The van der Waals surface area contributed by atoms with Gasteiger partial charge in [0.05, 0.1) is 22.4 Å². The summed E-state index contributed by atoms with van der Waals surface area (Å²) >= 11 is 3.70. The molecule has 1 saturated carbocycles. The average molecular weight is 357 g/mol. The molecule has 0 saturated heterocycles. The normalized spacial score (nSPS) is 28.0. The maximum Gasteiger partial charge on any atom is 0.0711 e. The fraction of sp³-hybridized carbons (Fsp3) is 0.812. The highest BCUT2D eigenvalue weighted by Crippen LogP contribution is 2.44. The zero-order chi connectivity index (χ0) is 15.6. The molecule has 0 radical (unpaired) electrons. The number of nitrogens with zero attached hydrogens (tertiary/aromatic N) is 3. The third-order valence-corrected chi connectivity index (χ3v) is 5.80. The van der Waals surface area contributed by atoms with Crippen molar-refractivity contribution in [3.8, 4) is 0 Å². The highest BCUT2D eigenvalue weighted by molar-refractivity contribution is 9.10. The van der Waals surface area contributed by atoms with E-state index in [-0.39, 0.29) is 5.54 Å². The predicted octanol–water partition coefficient (Wildman–Crippen LogP) is 3.34. The van der Waals surface area contributed by atoms with Crippen LogP contribution < -0.4 is 5.32 Å². The summed E-state index contributed by atoms with van der Waals surface area (Å²) in [5.74, 6) is 0.843. The van der Waals surface area contributed by atoms with Crippen molar-refractivity contribution in [3.05, 3.63) is 16.4 Å². The quantitative estimate of drug-likeness (QED) is 0.877. The number of hydrogen-bond acceptors (Lipinski definition) is 3. The maximum atomic E-state index is 4.43. The first kappa shape index (κ1) is 17.0. The van der Waals surface area contributed by atoms with Crippen molar-refractivity contribution in [1.29, 1.82) is 0 Å². The second kappa shape index (κ2) is 6.80. The standard InChI is InChI=1S/C16H29BrN4/c1-6-18-15(14-13(17)11-19-21(14)5)16(20(3)4)9-7-12(2)8-10-16/h11-12,15,18H,6-10H2,1-5H3. The van der Waals surface area contributed by atoms with E-state index in [2.05, 4.69) is 59.2 Å². The summed E-state index contributed by atoms with van der Waals surface area (Å²) in [5, 5.41) is 8.17. The Kier molecular flexibility index (Phi) is 5.49. The lowest BCUT2D eigenvalue weighted by molar-refractivity contribution is 0.0404. The van der Waals surface area contributed by atoms with Crippen molar-refractivity contribution in [3.63, 3.8) is 0 Å². The smallest absolute Gasteiger partial charge is 0.0711 e. The Morgan fingerprint density at radius 1 is 1.48 bits per heavy atom. The monoisotopic (exact) mass is 356 g/mol. The van der Waals surface area contributed by atoms with Gasteiger partial charge in [0.25, 0.3) is 0 Å². The Morgan fingerprint density at radius 3 is 2.52 bits per heavy atom. The van der Waals surface area contributed by atoms with Gasteiger partial charge < -0.3 is 10.2 Å². The first-order chi connectivity index (χ1) is 9.92. The van der Waals surface area contributed by atoms with Gasteiger partial charge in [-0.3, -0.25) is 4.68 Å². The van der Waals surface area contributed by atoms with E-state index < -0.39 is 0 Å². The molecule has 0 aromatic carbocycles. The van der Waals surface area contributed by atoms with E-state index >= 15 is 0 Å². The Bertz CT molecular complexity index is 441. The van der Waals surface area contributed by atoms with Crippen LogP contribution in [0.5, 0.6) is 0 Å². The Labute approximate surface area is 137 Å². The van der Waals surface area contributed by atoms with Gasteiger partial charge in [-0.15, -0.1) is 0 Å². The minimum absolute atomic E-state index is 0.166. The highest BCUT2D eigenvalue weighted by atomic mass is 79.9. The molecule has 5 heteroatoms. The average Bonchev–Trinajstić information content (AvgIpc) is 2.77. The summed E-state index contributed by atoms with van der Waals surface area (Å²) < 4.78 is 3.12. The molecule has 1 aromatic heterocycles. The van der Waals surface area contributed by atoms with Gasteiger partial charge in [-0.2, -0.15) is 5.10 Å². The molecule has 2 rings (SSSR count). The first-order valence-corrected chi connectivity index (χ1v) is 8.80. The molecule has 4 nitrogen and oxygen atoms in total. The van der Waals surface area contributed by atoms with Crippen molar-refractivity contribution in [1.82, 2.24) is 20.0 Å². The number of rotatable bonds is 5. The van der Waals surface area contributed by atoms with Crippen LogP contribution in [0.15, 0.2) is 10.7 Å². The number of aromatic nitrogens is 2. The van der Waals surface area contributed by atoms with E-state index in [1.807, 2.05) is 17.9 Å². The zero-order valence-corrected chi connectivity index (χ0v) is 15.6. The predicted molar refractivity (Wildman–Crippen MR) is 91.4 cm³/mol. The van der Waals surface area contributed by atoms with Crippen LogP contribution in [-0.4, -0.2) is 40.9 Å². The highest BCUT2D eigenvalue weighted by Gasteiger charge is 2.45. The molecule has 120 valence electrons. The van der Waals surface area contributed by atoms with Crippen molar-refractivity contribution in [2.75, 3.05) is 20.6 Å². The van der Waals surface area contributed by atoms with Crippen molar-refractivity contribution >= 4 is 15.9 Å². The lowest BCUT2D eigenvalue weighted by Gasteiger charge is -2.50. The molecule has 1 fully saturated rings. The van der Waals surface area contributed by atoms with Crippen LogP contribution in [0.2, 0.25) is 0 Å². The third kappa shape index (κ3) is 3.20. The van der Waals surface area contributed by atoms with Crippen LogP contribution in [0.3, 0.4) is 0 Å². The molecular weight excluding hydrogens is 328 g/mol. The number of nitrogens with one attached hydrogen (secondary N) is 1. The SMILES string of the molecule is CCNC(c1c(Br)cnn1C)C1(N(C)C)CCC(C)CC1. The van der Waals surface area contributed by atoms with Gasteiger partial charge in [0, 0.05) is 12.6 Å². The molecule has 1 aliphatic carbocycles. The molecule has 1 aliphatic rings. The molecule has 21 heavy (non-hydrogen) atoms. The summed E-state index contributed by atoms with van der Waals surface area (Å²) in [6.45, 7) is 5.53. The van der Waals surface area contributed by atoms with E-state index in [1.165, 1.54) is 31.4 Å². The van der Waals surface area contributed by atoms with E-state index in [0.29, 0.717) is 6.04 Å². The maximum absolute atomic E-state index is 4.43. The fourth-order valence-corrected chi connectivity index (χ4v) is 4.32. The molecule has 0 bridgehead atoms. The molecule has 1 N–H and O–H groups in total. The van der Waals surface area contributed by atoms with Gasteiger partial charge in [-0.05, 0) is 68.2 Å². The van der Waals surface area contributed by atoms with Gasteiger partial charge in [0.1, 0.15) is 0 Å². The van der Waals surface area contributed by atoms with Crippen LogP contribution in [-0.2, 0) is 7.05 Å². The van der Waals surface area contributed by atoms with Crippen molar-refractivity contribution < 1.29 is 0 Å². The minimum Gasteiger partial charge on any atom is -0.307 e. The topological polar surface area (TPSA) is 33.1 Å². The Hall–Kier alpha value is -0.390. The van der Waals surface area contributed by atoms with Gasteiger partial charge in [-0.25, -0.2) is 0 Å². The molecule has 0 aliphatic heterocycles. The van der Waals surface area contributed by atoms with Crippen LogP contribution in [0.25, 0.3) is 0 Å². The second-order valence-corrected chi connectivity index (χ2v) is 7.53. The van der Waals surface area contributed by atoms with Crippen LogP contribution in [0.4, 0.5) is 0 Å². The van der Waals surface area contributed by atoms with Gasteiger partial charge in [0.2, 0.25) is 0 Å². The van der Waals surface area contributed by atoms with Gasteiger partial charge >= 0.3 is 0 Å². The minimum atomic E-state index is 0.166. The van der Waals surface area contributed by atoms with E-state index in [0.717, 1.165) is 16.9 Å². The summed E-state index contributed by atoms with van der Waals surface area (Å²) in [7, 11) is 6.49. The van der Waals surface area contributed by atoms with Crippen LogP contribution >= 0.6 is 15.9 Å². The third-order valence-electron chi connectivity index (χ3n) is 5.19. The summed E-state index contributed by atoms with van der Waals surface area (Å²) in [4.78, 5) is 2.44. The first-order valence-electron chi connectivity index (χ1n) is 8.00. The van der Waals surface area contributed by atoms with Gasteiger partial charge in [0.15, 0.2) is 0 Å². The summed E-state index contributed by atoms with van der Waals surface area (Å²) in [5.41, 5.74) is 1.43. The van der Waals surface area contributed by atoms with Crippen molar-refractivity contribution in [2.45, 2.75) is 51.1 Å². The molecule has 1 atom stereocenters.